The van der Waals surface area contributed by atoms with Gasteiger partial charge in [0.25, 0.3) is 0 Å². The van der Waals surface area contributed by atoms with E-state index in [4.69, 9.17) is 9.72 Å². The van der Waals surface area contributed by atoms with Crippen LogP contribution in [0.5, 0.6) is 5.75 Å². The van der Waals surface area contributed by atoms with E-state index in [1.165, 1.54) is 43.2 Å². The Hall–Kier alpha value is -2.52. The van der Waals surface area contributed by atoms with Crippen molar-refractivity contribution in [2.75, 3.05) is 82.3 Å². The smallest absolute Gasteiger partial charge is 0.229 e. The van der Waals surface area contributed by atoms with Crippen LogP contribution < -0.4 is 25.6 Å². The van der Waals surface area contributed by atoms with Crippen LogP contribution in [0.1, 0.15) is 18.4 Å². The Balaban J connectivity index is 1.30. The molecule has 3 heterocycles. The Morgan fingerprint density at radius 2 is 1.73 bits per heavy atom. The highest BCUT2D eigenvalue weighted by Gasteiger charge is 2.27. The number of hydrogen-bond donors (Lipinski definition) is 2. The number of benzene rings is 2. The van der Waals surface area contributed by atoms with Crippen molar-refractivity contribution in [2.45, 2.75) is 25.8 Å². The number of nitrogens with one attached hydrogen (secondary N) is 2. The molecule has 2 aliphatic heterocycles. The fraction of sp³-hybridized carbons (Fsp3) is 0.467. The van der Waals surface area contributed by atoms with Gasteiger partial charge in [-0.3, -0.25) is 4.90 Å². The minimum atomic E-state index is -0.514. The minimum absolute atomic E-state index is 0.240. The topological polar surface area (TPSA) is 68.8 Å². The van der Waals surface area contributed by atoms with Gasteiger partial charge in [-0.2, -0.15) is 4.98 Å². The van der Waals surface area contributed by atoms with Gasteiger partial charge in [0.2, 0.25) is 5.95 Å². The van der Waals surface area contributed by atoms with E-state index in [2.05, 4.69) is 85.7 Å². The van der Waals surface area contributed by atoms with Crippen LogP contribution in [-0.4, -0.2) is 92.6 Å². The van der Waals surface area contributed by atoms with Gasteiger partial charge >= 0.3 is 0 Å². The zero-order valence-corrected chi connectivity index (χ0v) is 27.0. The third-order valence-electron chi connectivity index (χ3n) is 8.06. The molecule has 5 rings (SSSR count). The van der Waals surface area contributed by atoms with Crippen LogP contribution in [0.4, 0.5) is 33.2 Å². The first-order valence-electron chi connectivity index (χ1n) is 14.1. The van der Waals surface area contributed by atoms with Crippen LogP contribution in [0.25, 0.3) is 0 Å². The number of aryl methyl sites for hydroxylation is 1. The molecule has 0 radical (unpaired) electrons. The molecule has 220 valence electrons. The van der Waals surface area contributed by atoms with E-state index in [0.717, 1.165) is 48.6 Å². The van der Waals surface area contributed by atoms with E-state index < -0.39 is 7.92 Å². The van der Waals surface area contributed by atoms with E-state index in [-0.39, 0.29) is 5.82 Å². The molecule has 0 saturated carbocycles. The standard InChI is InChI=1S/C30H40BrFN7OP/c1-20-16-25(27(40-3)18-26(20)39-10-8-22(9-11-39)38-14-12-37(2)13-15-38)35-30-33-19-23(31)29(36-30)34-24-7-6-21(32)17-28(24)41(4)5/h6-7,16-19,22H,8-15H2,1-5H3,(H2,33,34,35,36). The third kappa shape index (κ3) is 7.11. The number of hydrogen-bond acceptors (Lipinski definition) is 8. The lowest BCUT2D eigenvalue weighted by Crippen LogP contribution is -2.52. The van der Waals surface area contributed by atoms with E-state index >= 15 is 0 Å². The van der Waals surface area contributed by atoms with E-state index in [1.54, 1.807) is 25.4 Å². The number of aromatic nitrogens is 2. The SMILES string of the molecule is COc1cc(N2CCC(N3CCN(C)CC3)CC2)c(C)cc1Nc1ncc(Br)c(Nc2ccc(F)cc2P(C)C)n1. The Bertz CT molecular complexity index is 1360. The maximum Gasteiger partial charge on any atom is 0.229 e. The van der Waals surface area contributed by atoms with Gasteiger partial charge in [0.15, 0.2) is 0 Å². The van der Waals surface area contributed by atoms with E-state index in [1.807, 2.05) is 0 Å². The molecule has 1 aromatic heterocycles. The molecule has 2 N–H and O–H groups in total. The van der Waals surface area contributed by atoms with Crippen LogP contribution in [0.2, 0.25) is 0 Å². The molecule has 0 spiro atoms. The van der Waals surface area contributed by atoms with E-state index in [9.17, 15) is 4.39 Å². The molecule has 0 bridgehead atoms. The first-order chi connectivity index (χ1) is 19.7. The highest BCUT2D eigenvalue weighted by molar-refractivity contribution is 9.10. The quantitative estimate of drug-likeness (QED) is 0.300. The lowest BCUT2D eigenvalue weighted by molar-refractivity contribution is 0.0982. The van der Waals surface area contributed by atoms with Gasteiger partial charge in [-0.05, 0) is 85.9 Å². The van der Waals surface area contributed by atoms with Crippen molar-refractivity contribution in [1.82, 2.24) is 19.8 Å². The van der Waals surface area contributed by atoms with Crippen molar-refractivity contribution in [1.29, 1.82) is 0 Å². The molecule has 0 aliphatic carbocycles. The van der Waals surface area contributed by atoms with Gasteiger partial charge in [0, 0.05) is 74.3 Å². The molecule has 2 fully saturated rings. The molecule has 0 atom stereocenters. The van der Waals surface area contributed by atoms with Gasteiger partial charge < -0.3 is 25.2 Å². The molecule has 0 amide bonds. The van der Waals surface area contributed by atoms with E-state index in [0.29, 0.717) is 22.3 Å². The predicted molar refractivity (Wildman–Crippen MR) is 173 cm³/mol. The summed E-state index contributed by atoms with van der Waals surface area (Å²) < 4.78 is 20.4. The van der Waals surface area contributed by atoms with Crippen molar-refractivity contribution in [3.63, 3.8) is 0 Å². The maximum atomic E-state index is 13.9. The molecular weight excluding hydrogens is 604 g/mol. The number of piperidine rings is 1. The normalized spacial score (nSPS) is 17.2. The number of methoxy groups -OCH3 is 1. The summed E-state index contributed by atoms with van der Waals surface area (Å²) >= 11 is 3.56. The molecule has 11 heteroatoms. The number of piperazine rings is 1. The summed E-state index contributed by atoms with van der Waals surface area (Å²) in [4.78, 5) is 16.8. The van der Waals surface area contributed by atoms with Gasteiger partial charge in [0.1, 0.15) is 17.4 Å². The maximum absolute atomic E-state index is 13.9. The molecule has 8 nitrogen and oxygen atoms in total. The minimum Gasteiger partial charge on any atom is -0.494 e. The second-order valence-corrected chi connectivity index (χ2v) is 14.2. The fourth-order valence-electron chi connectivity index (χ4n) is 5.69. The largest absolute Gasteiger partial charge is 0.494 e. The van der Waals surface area contributed by atoms with Gasteiger partial charge in [-0.15, -0.1) is 0 Å². The van der Waals surface area contributed by atoms with Crippen molar-refractivity contribution in [3.05, 3.63) is 52.4 Å². The van der Waals surface area contributed by atoms with Crippen molar-refractivity contribution in [2.24, 2.45) is 0 Å². The van der Waals surface area contributed by atoms with Crippen molar-refractivity contribution in [3.8, 4) is 5.75 Å². The second kappa shape index (κ2) is 13.2. The Morgan fingerprint density at radius 3 is 2.41 bits per heavy atom. The summed E-state index contributed by atoms with van der Waals surface area (Å²) in [6, 6.07) is 9.72. The Morgan fingerprint density at radius 1 is 1.00 bits per heavy atom. The highest BCUT2D eigenvalue weighted by atomic mass is 79.9. The number of likely N-dealkylation sites (N-methyl/N-ethyl adjacent to an activating group) is 1. The average Bonchev–Trinajstić information content (AvgIpc) is 2.96. The third-order valence-corrected chi connectivity index (χ3v) is 9.98. The lowest BCUT2D eigenvalue weighted by atomic mass is 10.0. The number of anilines is 5. The van der Waals surface area contributed by atoms with Crippen LogP contribution in [-0.2, 0) is 0 Å². The summed E-state index contributed by atoms with van der Waals surface area (Å²) in [6.07, 6.45) is 4.07. The first-order valence-corrected chi connectivity index (χ1v) is 17.1. The van der Waals surface area contributed by atoms with Crippen molar-refractivity contribution < 1.29 is 9.13 Å². The summed E-state index contributed by atoms with van der Waals surface area (Å²) in [5.74, 6) is 1.54. The number of rotatable bonds is 8. The second-order valence-electron chi connectivity index (χ2n) is 11.1. The average molecular weight is 645 g/mol. The van der Waals surface area contributed by atoms with Crippen molar-refractivity contribution >= 4 is 58.0 Å². The zero-order valence-electron chi connectivity index (χ0n) is 24.5. The van der Waals surface area contributed by atoms with Gasteiger partial charge in [-0.1, -0.05) is 7.92 Å². The molecular formula is C30H40BrFN7OP. The molecule has 0 unspecified atom stereocenters. The van der Waals surface area contributed by atoms with Crippen LogP contribution in [0, 0.1) is 12.7 Å². The zero-order chi connectivity index (χ0) is 29.1. The number of halogens is 2. The Kier molecular flexibility index (Phi) is 9.64. The number of nitrogens with zero attached hydrogens (tertiary/aromatic N) is 5. The van der Waals surface area contributed by atoms with Crippen LogP contribution in [0.15, 0.2) is 41.0 Å². The van der Waals surface area contributed by atoms with Crippen LogP contribution >= 0.6 is 23.9 Å². The predicted octanol–water partition coefficient (Wildman–Crippen LogP) is 5.77. The molecule has 2 aromatic carbocycles. The molecule has 2 aliphatic rings. The summed E-state index contributed by atoms with van der Waals surface area (Å²) in [7, 11) is 3.39. The van der Waals surface area contributed by atoms with Gasteiger partial charge in [-0.25, -0.2) is 9.37 Å². The summed E-state index contributed by atoms with van der Waals surface area (Å²) in [5.41, 5.74) is 4.03. The highest BCUT2D eigenvalue weighted by Crippen LogP contribution is 2.37. The number of ether oxygens (including phenoxy) is 1. The Labute approximate surface area is 252 Å². The fourth-order valence-corrected chi connectivity index (χ4v) is 6.97. The molecule has 41 heavy (non-hydrogen) atoms. The summed E-state index contributed by atoms with van der Waals surface area (Å²) in [6.45, 7) is 13.1. The van der Waals surface area contributed by atoms with Crippen LogP contribution in [0.3, 0.4) is 0 Å². The first kappa shape index (κ1) is 30.0. The molecule has 2 saturated heterocycles. The lowest BCUT2D eigenvalue weighted by Gasteiger charge is -2.43. The van der Waals surface area contributed by atoms with Gasteiger partial charge in [0.05, 0.1) is 17.3 Å². The molecule has 3 aromatic rings. The monoisotopic (exact) mass is 643 g/mol. The summed E-state index contributed by atoms with van der Waals surface area (Å²) in [5, 5.41) is 7.66.